The number of ether oxygens (including phenoxy) is 1. The molecule has 105 heavy (non-hydrogen) atoms. The van der Waals surface area contributed by atoms with E-state index in [1.807, 2.05) is 33.8 Å². The molecule has 1 spiro atoms. The molecule has 2 unspecified atom stereocenters. The average molecular weight is 1490 g/mol. The number of halogens is 5. The largest absolute Gasteiger partial charge is 0.397 e. The van der Waals surface area contributed by atoms with Crippen molar-refractivity contribution in [3.05, 3.63) is 12.2 Å². The Morgan fingerprint density at radius 1 is 0.657 bits per heavy atom. The van der Waals surface area contributed by atoms with Crippen LogP contribution in [-0.2, 0) is 62.3 Å². The average Bonchev–Trinajstić information content (AvgIpc) is 0.800. The highest BCUT2D eigenvalue weighted by molar-refractivity contribution is 6.01. The number of rotatable bonds is 13. The van der Waals surface area contributed by atoms with Crippen molar-refractivity contribution >= 4 is 70.9 Å². The van der Waals surface area contributed by atoms with Crippen LogP contribution in [0.5, 0.6) is 0 Å². The second-order valence-corrected chi connectivity index (χ2v) is 32.1. The van der Waals surface area contributed by atoms with Gasteiger partial charge in [-0.25, -0.2) is 8.78 Å². The van der Waals surface area contributed by atoms with Gasteiger partial charge in [0.2, 0.25) is 70.9 Å². The monoisotopic (exact) mass is 1490 g/mol. The second-order valence-electron chi connectivity index (χ2n) is 32.1. The predicted octanol–water partition coefficient (Wildman–Crippen LogP) is 6.06. The van der Waals surface area contributed by atoms with Gasteiger partial charge in [-0.05, 0) is 106 Å². The molecule has 2 bridgehead atoms. The van der Waals surface area contributed by atoms with Crippen LogP contribution < -0.4 is 16.0 Å². The Morgan fingerprint density at radius 3 is 1.85 bits per heavy atom. The Bertz CT molecular complexity index is 3090. The van der Waals surface area contributed by atoms with Crippen molar-refractivity contribution < 1.29 is 84.2 Å². The number of hydrogen-bond acceptors (Lipinski definition) is 13. The summed E-state index contributed by atoms with van der Waals surface area (Å²) in [5.41, 5.74) is -2.26. The third-order valence-electron chi connectivity index (χ3n) is 23.5. The summed E-state index contributed by atoms with van der Waals surface area (Å²) in [6.07, 6.45) is -3.28. The molecule has 25 nitrogen and oxygen atoms in total. The van der Waals surface area contributed by atoms with Crippen molar-refractivity contribution in [2.75, 3.05) is 96.3 Å². The van der Waals surface area contributed by atoms with Crippen LogP contribution in [-0.4, -0.2) is 284 Å². The molecule has 30 heteroatoms. The standard InChI is InChI=1S/C75H121F5N12O13/c1-17-46(5)62-70(102)86(11)41-60(95)87(12)54-27-23-21-25-35-92(69(54)101)56(38-47-30-28-45(4)29-31-47)68(100)85(10)40-58(93)81-52(33-32-48-36-50(76)61(51(77)37-48)75(78,79)80)66(98)91-34-24-20-22-26-53(91)65(97)83-74(43-73(6,7)44-74)72(104)90(15)63(49(18-2)19-3)71(103)89(14)55(67(99)84(8)9)39-59(94)88(13)57(42-105-16)64(96)82-62/h21,23,45-57,61-63H,17-20,22,24-44H2,1-16H3,(H,81,93)(H,82,96)(H,83,97)/b23-21-/t45?,46-,47?,48?,50?,51?,52-,53-,54-,55-,56-,57-,61?,62-,63-/m0/s1. The Balaban J connectivity index is 1.49. The van der Waals surface area contributed by atoms with Gasteiger partial charge >= 0.3 is 6.18 Å². The summed E-state index contributed by atoms with van der Waals surface area (Å²) < 4.78 is 78.4. The van der Waals surface area contributed by atoms with Gasteiger partial charge in [0.25, 0.3) is 0 Å². The number of fused-ring (bicyclic) bond motifs is 3. The highest BCUT2D eigenvalue weighted by Crippen LogP contribution is 2.50. The summed E-state index contributed by atoms with van der Waals surface area (Å²) in [4.78, 5) is 192. The quantitative estimate of drug-likeness (QED) is 0.140. The molecule has 0 aromatic heterocycles. The first-order chi connectivity index (χ1) is 49.2. The fourth-order valence-corrected chi connectivity index (χ4v) is 16.9. The lowest BCUT2D eigenvalue weighted by Gasteiger charge is -2.54. The minimum atomic E-state index is -5.17. The smallest absolute Gasteiger partial charge is 0.382 e. The number of methoxy groups -OCH3 is 1. The first-order valence-electron chi connectivity index (χ1n) is 38.0. The molecule has 0 radical (unpaired) electrons. The molecular formula is C75H121F5N12O13. The Morgan fingerprint density at radius 2 is 1.28 bits per heavy atom. The maximum Gasteiger partial charge on any atom is 0.397 e. The van der Waals surface area contributed by atoms with E-state index in [1.54, 1.807) is 19.9 Å². The maximum atomic E-state index is 15.7. The number of nitrogens with one attached hydrogen (secondary N) is 3. The van der Waals surface area contributed by atoms with E-state index in [1.165, 1.54) is 88.0 Å². The highest BCUT2D eigenvalue weighted by atomic mass is 19.4. The molecule has 3 heterocycles. The molecule has 3 saturated carbocycles. The Kier molecular flexibility index (Phi) is 31.2. The van der Waals surface area contributed by atoms with Crippen molar-refractivity contribution in [3.63, 3.8) is 0 Å². The predicted molar refractivity (Wildman–Crippen MR) is 383 cm³/mol. The minimum Gasteiger partial charge on any atom is -0.382 e. The number of alkyl halides is 5. The zero-order valence-corrected chi connectivity index (χ0v) is 65.0. The number of likely N-dealkylation sites (N-methyl/N-ethyl adjacent to an activating group) is 7. The van der Waals surface area contributed by atoms with Gasteiger partial charge in [0.1, 0.15) is 72.1 Å². The third-order valence-corrected chi connectivity index (χ3v) is 23.5. The molecule has 3 aliphatic carbocycles. The number of carbonyl (C=O) groups excluding carboxylic acids is 12. The number of nitrogens with zero attached hydrogens (tertiary/aromatic N) is 9. The summed E-state index contributed by atoms with van der Waals surface area (Å²) >= 11 is 0. The van der Waals surface area contributed by atoms with E-state index < -0.39 is 211 Å². The molecule has 2 saturated heterocycles. The van der Waals surface area contributed by atoms with Crippen LogP contribution in [0, 0.1) is 40.9 Å². The topological polar surface area (TPSA) is 279 Å². The van der Waals surface area contributed by atoms with Crippen molar-refractivity contribution in [1.82, 2.24) is 60.0 Å². The molecule has 3 aliphatic heterocycles. The summed E-state index contributed by atoms with van der Waals surface area (Å²) in [6.45, 7) is 11.4. The van der Waals surface area contributed by atoms with Crippen LogP contribution >= 0.6 is 0 Å². The van der Waals surface area contributed by atoms with E-state index >= 15 is 37.5 Å². The zero-order chi connectivity index (χ0) is 78.5. The molecule has 5 fully saturated rings. The number of amides is 12. The van der Waals surface area contributed by atoms with Crippen LogP contribution in [0.1, 0.15) is 183 Å². The summed E-state index contributed by atoms with van der Waals surface area (Å²) in [5, 5.41) is 8.60. The Labute approximate surface area is 617 Å². The van der Waals surface area contributed by atoms with Crippen LogP contribution in [0.15, 0.2) is 12.2 Å². The minimum absolute atomic E-state index is 0.00849. The van der Waals surface area contributed by atoms with Crippen LogP contribution in [0.4, 0.5) is 22.0 Å². The summed E-state index contributed by atoms with van der Waals surface area (Å²) in [6, 6.07) is -10.8. The fourth-order valence-electron chi connectivity index (χ4n) is 16.9. The van der Waals surface area contributed by atoms with Crippen molar-refractivity contribution in [2.45, 2.75) is 256 Å². The van der Waals surface area contributed by atoms with Gasteiger partial charge in [-0.3, -0.25) is 57.5 Å². The maximum absolute atomic E-state index is 15.7. The van der Waals surface area contributed by atoms with E-state index in [-0.39, 0.29) is 64.0 Å². The van der Waals surface area contributed by atoms with Crippen molar-refractivity contribution in [1.29, 1.82) is 0 Å². The summed E-state index contributed by atoms with van der Waals surface area (Å²) in [7, 11) is 12.4. The van der Waals surface area contributed by atoms with Gasteiger partial charge in [0.15, 0.2) is 0 Å². The van der Waals surface area contributed by atoms with Gasteiger partial charge in [-0.1, -0.05) is 118 Å². The normalized spacial score (nSPS) is 31.5. The number of carbonyl (C=O) groups is 12. The Hall–Kier alpha value is -7.01. The molecule has 11 atom stereocenters. The lowest BCUT2D eigenvalue weighted by molar-refractivity contribution is -0.219. The van der Waals surface area contributed by atoms with Gasteiger partial charge in [-0.2, -0.15) is 13.2 Å². The van der Waals surface area contributed by atoms with Crippen molar-refractivity contribution in [3.8, 4) is 0 Å². The molecular weight excluding hydrogens is 1370 g/mol. The van der Waals surface area contributed by atoms with Gasteiger partial charge in [0, 0.05) is 76.6 Å². The zero-order valence-electron chi connectivity index (χ0n) is 65.0. The summed E-state index contributed by atoms with van der Waals surface area (Å²) in [5.74, 6) is -13.4. The van der Waals surface area contributed by atoms with E-state index in [9.17, 15) is 41.9 Å². The second kappa shape index (κ2) is 37.7. The van der Waals surface area contributed by atoms with E-state index in [2.05, 4.69) is 22.9 Å². The third kappa shape index (κ3) is 21.4. The highest BCUT2D eigenvalue weighted by Gasteiger charge is 2.59. The van der Waals surface area contributed by atoms with E-state index in [4.69, 9.17) is 4.74 Å². The van der Waals surface area contributed by atoms with Gasteiger partial charge < -0.3 is 64.8 Å². The van der Waals surface area contributed by atoms with E-state index in [0.717, 1.165) is 45.3 Å². The molecule has 6 aliphatic rings. The fraction of sp³-hybridized carbons (Fsp3) is 0.813. The number of hydrogen-bond donors (Lipinski definition) is 3. The molecule has 3 N–H and O–H groups in total. The van der Waals surface area contributed by atoms with Crippen LogP contribution in [0.25, 0.3) is 0 Å². The van der Waals surface area contributed by atoms with Gasteiger partial charge in [0.05, 0.1) is 26.1 Å². The lowest BCUT2D eigenvalue weighted by Crippen LogP contribution is -2.72. The molecule has 0 aromatic rings. The first kappa shape index (κ1) is 86.9. The van der Waals surface area contributed by atoms with E-state index in [0.29, 0.717) is 50.9 Å². The molecule has 0 aromatic carbocycles. The first-order valence-corrected chi connectivity index (χ1v) is 38.0. The van der Waals surface area contributed by atoms with Gasteiger partial charge in [-0.15, -0.1) is 0 Å². The van der Waals surface area contributed by atoms with Crippen LogP contribution in [0.2, 0.25) is 0 Å². The molecule has 6 rings (SSSR count). The molecule has 12 amide bonds. The molecule has 594 valence electrons. The SMILES string of the molecule is CCC(CC)[C@H]1C(=O)N(C)[C@H](C(=O)N(C)C)CC(=O)N(C)[C@@H](COC)C(=O)N[C@@H]([C@@H](C)CC)C(=O)N(C)CC(=O)N(C)[C@H]2C/C=C\CCN(C2=O)[C@@H](CC2CCC(C)CC2)C(=O)N(C)CC(=O)N[C@@H](CCC2CC(F)C(C(F)(F)F)C(F)C2)C(=O)N2CCCCC[C@H]2C(=O)NC2(CC(C)(C)C2)C(=O)N1C. The van der Waals surface area contributed by atoms with Crippen LogP contribution in [0.3, 0.4) is 0 Å². The lowest BCUT2D eigenvalue weighted by atomic mass is 9.58. The van der Waals surface area contributed by atoms with Crippen molar-refractivity contribution in [2.24, 2.45) is 40.9 Å².